The molecule has 8 heteroatoms. The van der Waals surface area contributed by atoms with Crippen LogP contribution in [0.5, 0.6) is 17.4 Å². The molecule has 3 N–H and O–H groups in total. The zero-order valence-electron chi connectivity index (χ0n) is 11.1. The van der Waals surface area contributed by atoms with Gasteiger partial charge in [0, 0.05) is 12.0 Å². The number of benzene rings is 1. The van der Waals surface area contributed by atoms with E-state index in [0.29, 0.717) is 16.2 Å². The van der Waals surface area contributed by atoms with E-state index in [-0.39, 0.29) is 22.0 Å². The van der Waals surface area contributed by atoms with Crippen LogP contribution in [-0.2, 0) is 17.8 Å². The van der Waals surface area contributed by atoms with Gasteiger partial charge in [-0.2, -0.15) is 0 Å². The Bertz CT molecular complexity index is 735. The number of phenolic OH excluding ortho intramolecular Hbond substituents is 1. The third-order valence-electron chi connectivity index (χ3n) is 2.88. The fourth-order valence-electron chi connectivity index (χ4n) is 1.88. The van der Waals surface area contributed by atoms with Crippen molar-refractivity contribution >= 4 is 29.5 Å². The normalized spacial score (nSPS) is 10.5. The molecule has 2 aromatic rings. The van der Waals surface area contributed by atoms with Crippen LogP contribution in [0.3, 0.4) is 0 Å². The van der Waals surface area contributed by atoms with Crippen molar-refractivity contribution in [1.82, 2.24) is 4.57 Å². The Labute approximate surface area is 129 Å². The number of rotatable bonds is 5. The number of thiazole rings is 1. The quantitative estimate of drug-likeness (QED) is 0.730. The highest BCUT2D eigenvalue weighted by Gasteiger charge is 2.16. The second-order valence-electron chi connectivity index (χ2n) is 4.24. The molecule has 0 aliphatic carbocycles. The molecule has 1 heterocycles. The highest BCUT2D eigenvalue weighted by molar-refractivity contribution is 7.73. The minimum Gasteiger partial charge on any atom is -0.504 e. The van der Waals surface area contributed by atoms with Crippen molar-refractivity contribution in [2.75, 3.05) is 7.11 Å². The highest BCUT2D eigenvalue weighted by atomic mass is 32.1. The number of phenols is 1. The summed E-state index contributed by atoms with van der Waals surface area (Å²) in [6.45, 7) is -0.398. The first kappa shape index (κ1) is 15.3. The molecule has 0 unspecified atom stereocenters. The zero-order valence-corrected chi connectivity index (χ0v) is 12.7. The first-order valence-electron chi connectivity index (χ1n) is 5.92. The lowest BCUT2D eigenvalue weighted by Crippen LogP contribution is -2.08. The van der Waals surface area contributed by atoms with Crippen molar-refractivity contribution in [2.24, 2.45) is 0 Å². The Morgan fingerprint density at radius 1 is 1.43 bits per heavy atom. The number of hydrogen-bond donors (Lipinski definition) is 3. The van der Waals surface area contributed by atoms with E-state index in [4.69, 9.17) is 22.1 Å². The van der Waals surface area contributed by atoms with Crippen molar-refractivity contribution in [2.45, 2.75) is 13.0 Å². The van der Waals surface area contributed by atoms with Crippen molar-refractivity contribution in [1.29, 1.82) is 0 Å². The number of nitrogens with zero attached hydrogens (tertiary/aromatic N) is 1. The van der Waals surface area contributed by atoms with E-state index in [0.717, 1.165) is 15.9 Å². The van der Waals surface area contributed by atoms with Crippen LogP contribution in [0.4, 0.5) is 0 Å². The Balaban J connectivity index is 2.37. The summed E-state index contributed by atoms with van der Waals surface area (Å²) in [7, 11) is 1.45. The summed E-state index contributed by atoms with van der Waals surface area (Å²) < 4.78 is 6.44. The molecule has 0 radical (unpaired) electrons. The molecule has 0 fully saturated rings. The molecule has 0 aliphatic heterocycles. The molecule has 0 bridgehead atoms. The molecular formula is C13H13NO5S2. The van der Waals surface area contributed by atoms with Gasteiger partial charge in [-0.1, -0.05) is 12.1 Å². The summed E-state index contributed by atoms with van der Waals surface area (Å²) in [5.74, 6) is -0.950. The second kappa shape index (κ2) is 6.15. The van der Waals surface area contributed by atoms with Crippen LogP contribution >= 0.6 is 23.6 Å². The van der Waals surface area contributed by atoms with Crippen LogP contribution in [0.25, 0.3) is 0 Å². The molecule has 112 valence electrons. The van der Waals surface area contributed by atoms with Crippen molar-refractivity contribution in [3.05, 3.63) is 32.6 Å². The maximum absolute atomic E-state index is 10.7. The van der Waals surface area contributed by atoms with Crippen molar-refractivity contribution in [3.63, 3.8) is 0 Å². The van der Waals surface area contributed by atoms with E-state index in [9.17, 15) is 15.0 Å². The molecule has 0 atom stereocenters. The van der Waals surface area contributed by atoms with Crippen molar-refractivity contribution < 1.29 is 24.9 Å². The predicted molar refractivity (Wildman–Crippen MR) is 79.9 cm³/mol. The summed E-state index contributed by atoms with van der Waals surface area (Å²) in [6, 6.07) is 5.04. The number of carbonyl (C=O) groups is 1. The van der Waals surface area contributed by atoms with Gasteiger partial charge in [0.2, 0.25) is 5.88 Å². The Morgan fingerprint density at radius 2 is 2.14 bits per heavy atom. The largest absolute Gasteiger partial charge is 0.504 e. The summed E-state index contributed by atoms with van der Waals surface area (Å²) in [6.07, 6.45) is 0.232. The lowest BCUT2D eigenvalue weighted by atomic mass is 10.1. The number of aliphatic carboxylic acids is 1. The van der Waals surface area contributed by atoms with Gasteiger partial charge in [0.05, 0.1) is 12.0 Å². The number of hydrogen-bond acceptors (Lipinski definition) is 6. The molecule has 0 saturated carbocycles. The van der Waals surface area contributed by atoms with E-state index in [1.54, 1.807) is 18.2 Å². The van der Waals surface area contributed by atoms with Crippen LogP contribution < -0.4 is 4.74 Å². The molecule has 6 nitrogen and oxygen atoms in total. The minimum atomic E-state index is -1.09. The average molecular weight is 327 g/mol. The lowest BCUT2D eigenvalue weighted by molar-refractivity contribution is -0.137. The molecule has 21 heavy (non-hydrogen) atoms. The average Bonchev–Trinajstić information content (AvgIpc) is 2.68. The Morgan fingerprint density at radius 3 is 2.76 bits per heavy atom. The van der Waals surface area contributed by atoms with Crippen molar-refractivity contribution in [3.8, 4) is 17.4 Å². The molecule has 2 rings (SSSR count). The number of ether oxygens (including phenoxy) is 1. The number of carboxylic acid groups (broad SMARTS) is 1. The maximum atomic E-state index is 10.7. The lowest BCUT2D eigenvalue weighted by Gasteiger charge is -2.08. The van der Waals surface area contributed by atoms with Crippen LogP contribution in [0.1, 0.15) is 10.4 Å². The van der Waals surface area contributed by atoms with E-state index in [1.807, 2.05) is 0 Å². The molecule has 0 aliphatic rings. The van der Waals surface area contributed by atoms with Crippen LogP contribution in [0.15, 0.2) is 18.2 Å². The first-order valence-corrected chi connectivity index (χ1v) is 7.14. The number of methoxy groups -OCH3 is 1. The van der Waals surface area contributed by atoms with E-state index in [2.05, 4.69) is 0 Å². The maximum Gasteiger partial charge on any atom is 0.323 e. The molecule has 1 aromatic carbocycles. The standard InChI is InChI=1S/C13H13NO5S2/c1-19-8-4-2-3-7(11(8)17)5-9-12(18)14(6-10(15)16)13(20)21-9/h2-4,17-18H,5-6H2,1H3,(H,15,16). The van der Waals surface area contributed by atoms with Gasteiger partial charge in [-0.05, 0) is 18.3 Å². The summed E-state index contributed by atoms with van der Waals surface area (Å²) in [5, 5.41) is 28.9. The van der Waals surface area contributed by atoms with E-state index < -0.39 is 12.5 Å². The molecule has 0 spiro atoms. The topological polar surface area (TPSA) is 91.9 Å². The number of aromatic hydroxyl groups is 2. The number of aromatic nitrogens is 1. The first-order chi connectivity index (χ1) is 9.93. The van der Waals surface area contributed by atoms with Crippen LogP contribution in [0, 0.1) is 3.95 Å². The van der Waals surface area contributed by atoms with Gasteiger partial charge >= 0.3 is 5.97 Å². The predicted octanol–water partition coefficient (Wildman–Crippen LogP) is 2.37. The SMILES string of the molecule is COc1cccc(Cc2sc(=S)n(CC(=O)O)c2O)c1O. The monoisotopic (exact) mass is 327 g/mol. The highest BCUT2D eigenvalue weighted by Crippen LogP contribution is 2.35. The van der Waals surface area contributed by atoms with Gasteiger partial charge in [-0.15, -0.1) is 11.3 Å². The molecule has 0 saturated heterocycles. The van der Waals surface area contributed by atoms with Gasteiger partial charge in [0.1, 0.15) is 6.54 Å². The Hall–Kier alpha value is -2.06. The van der Waals surface area contributed by atoms with E-state index >= 15 is 0 Å². The molecule has 1 aromatic heterocycles. The van der Waals surface area contributed by atoms with Gasteiger partial charge in [0.15, 0.2) is 15.5 Å². The van der Waals surface area contributed by atoms with Gasteiger partial charge < -0.3 is 20.1 Å². The number of carboxylic acids is 1. The summed E-state index contributed by atoms with van der Waals surface area (Å²) >= 11 is 6.16. The minimum absolute atomic E-state index is 0.0106. The third-order valence-corrected chi connectivity index (χ3v) is 4.32. The fraction of sp³-hybridized carbons (Fsp3) is 0.231. The van der Waals surface area contributed by atoms with Gasteiger partial charge in [-0.3, -0.25) is 9.36 Å². The smallest absolute Gasteiger partial charge is 0.323 e. The Kier molecular flexibility index (Phi) is 4.49. The summed E-state index contributed by atoms with van der Waals surface area (Å²) in [5.41, 5.74) is 0.559. The van der Waals surface area contributed by atoms with Gasteiger partial charge in [-0.25, -0.2) is 0 Å². The summed E-state index contributed by atoms with van der Waals surface area (Å²) in [4.78, 5) is 11.2. The molecular weight excluding hydrogens is 314 g/mol. The third kappa shape index (κ3) is 3.17. The fourth-order valence-corrected chi connectivity index (χ4v) is 3.24. The molecule has 0 amide bonds. The number of para-hydroxylation sites is 1. The van der Waals surface area contributed by atoms with Crippen LogP contribution in [-0.4, -0.2) is 33.0 Å². The van der Waals surface area contributed by atoms with Crippen LogP contribution in [0.2, 0.25) is 0 Å². The zero-order chi connectivity index (χ0) is 15.6. The van der Waals surface area contributed by atoms with Gasteiger partial charge in [0.25, 0.3) is 0 Å². The second-order valence-corrected chi connectivity index (χ2v) is 5.97. The van der Waals surface area contributed by atoms with E-state index in [1.165, 1.54) is 7.11 Å².